The second kappa shape index (κ2) is 9.28. The van der Waals surface area contributed by atoms with E-state index in [1.54, 1.807) is 24.3 Å². The summed E-state index contributed by atoms with van der Waals surface area (Å²) in [7, 11) is 0. The molecule has 0 atom stereocenters. The van der Waals surface area contributed by atoms with Crippen molar-refractivity contribution in [2.75, 3.05) is 18.5 Å². The van der Waals surface area contributed by atoms with E-state index >= 15 is 0 Å². The monoisotopic (exact) mass is 350 g/mol. The lowest BCUT2D eigenvalue weighted by atomic mass is 10.1. The Kier molecular flexibility index (Phi) is 6.81. The predicted octanol–water partition coefficient (Wildman–Crippen LogP) is 4.34. The number of carbonyl (C=O) groups excluding carboxylic acids is 1. The van der Waals surface area contributed by atoms with Crippen molar-refractivity contribution in [1.29, 1.82) is 5.26 Å². The fourth-order valence-corrected chi connectivity index (χ4v) is 2.39. The first-order chi connectivity index (χ1) is 12.6. The lowest BCUT2D eigenvalue weighted by Gasteiger charge is -2.11. The van der Waals surface area contributed by atoms with E-state index in [-0.39, 0.29) is 5.57 Å². The molecule has 1 N–H and O–H groups in total. The first kappa shape index (κ1) is 19.1. The van der Waals surface area contributed by atoms with Gasteiger partial charge in [-0.05, 0) is 62.2 Å². The maximum Gasteiger partial charge on any atom is 0.266 e. The molecule has 0 aliphatic heterocycles. The third kappa shape index (κ3) is 5.12. The Morgan fingerprint density at radius 2 is 1.85 bits per heavy atom. The molecule has 2 aromatic carbocycles. The van der Waals surface area contributed by atoms with E-state index in [0.717, 1.165) is 5.56 Å². The molecule has 2 rings (SSSR count). The molecule has 5 heteroatoms. The molecule has 0 spiro atoms. The summed E-state index contributed by atoms with van der Waals surface area (Å²) in [6.07, 6.45) is 1.53. The van der Waals surface area contributed by atoms with Gasteiger partial charge in [0.15, 0.2) is 11.5 Å². The minimum absolute atomic E-state index is 0.0121. The Morgan fingerprint density at radius 3 is 2.50 bits per heavy atom. The highest BCUT2D eigenvalue weighted by molar-refractivity contribution is 6.09. The van der Waals surface area contributed by atoms with E-state index in [2.05, 4.69) is 5.32 Å². The van der Waals surface area contributed by atoms with E-state index in [9.17, 15) is 10.1 Å². The molecule has 0 aliphatic carbocycles. The van der Waals surface area contributed by atoms with Crippen LogP contribution in [-0.2, 0) is 4.79 Å². The third-order valence-electron chi connectivity index (χ3n) is 3.52. The topological polar surface area (TPSA) is 71.3 Å². The molecule has 0 heterocycles. The van der Waals surface area contributed by atoms with Crippen molar-refractivity contribution in [1.82, 2.24) is 0 Å². The Hall–Kier alpha value is -3.26. The summed E-state index contributed by atoms with van der Waals surface area (Å²) in [5.74, 6) is 0.763. The van der Waals surface area contributed by atoms with Gasteiger partial charge in [0.2, 0.25) is 0 Å². The number of rotatable bonds is 7. The fourth-order valence-electron chi connectivity index (χ4n) is 2.39. The maximum atomic E-state index is 12.4. The van der Waals surface area contributed by atoms with Crippen LogP contribution in [0.2, 0.25) is 0 Å². The second-order valence-electron chi connectivity index (χ2n) is 5.57. The van der Waals surface area contributed by atoms with Crippen LogP contribution in [0.15, 0.2) is 48.0 Å². The van der Waals surface area contributed by atoms with Gasteiger partial charge < -0.3 is 14.8 Å². The van der Waals surface area contributed by atoms with Gasteiger partial charge in [0.25, 0.3) is 5.91 Å². The largest absolute Gasteiger partial charge is 0.490 e. The van der Waals surface area contributed by atoms with Gasteiger partial charge in [-0.1, -0.05) is 18.2 Å². The maximum absolute atomic E-state index is 12.4. The van der Waals surface area contributed by atoms with Crippen molar-refractivity contribution in [3.05, 3.63) is 59.2 Å². The van der Waals surface area contributed by atoms with Crippen molar-refractivity contribution < 1.29 is 14.3 Å². The van der Waals surface area contributed by atoms with E-state index < -0.39 is 5.91 Å². The van der Waals surface area contributed by atoms with E-state index in [1.807, 2.05) is 45.0 Å². The molecule has 0 saturated carbocycles. The highest BCUT2D eigenvalue weighted by Gasteiger charge is 2.11. The molecule has 2 aromatic rings. The van der Waals surface area contributed by atoms with Gasteiger partial charge >= 0.3 is 0 Å². The Labute approximate surface area is 153 Å². The summed E-state index contributed by atoms with van der Waals surface area (Å²) in [6, 6.07) is 14.7. The quantitative estimate of drug-likeness (QED) is 0.596. The van der Waals surface area contributed by atoms with Crippen LogP contribution in [0.3, 0.4) is 0 Å². The molecular formula is C21H22N2O3. The number of hydrogen-bond donors (Lipinski definition) is 1. The van der Waals surface area contributed by atoms with Crippen LogP contribution >= 0.6 is 0 Å². The molecular weight excluding hydrogens is 328 g/mol. The molecule has 5 nitrogen and oxygen atoms in total. The predicted molar refractivity (Wildman–Crippen MR) is 102 cm³/mol. The van der Waals surface area contributed by atoms with Gasteiger partial charge in [-0.15, -0.1) is 0 Å². The summed E-state index contributed by atoms with van der Waals surface area (Å²) in [6.45, 7) is 6.73. The van der Waals surface area contributed by atoms with Crippen LogP contribution in [0, 0.1) is 18.3 Å². The molecule has 0 radical (unpaired) electrons. The zero-order valence-corrected chi connectivity index (χ0v) is 15.2. The lowest BCUT2D eigenvalue weighted by Crippen LogP contribution is -2.13. The number of carbonyl (C=O) groups is 1. The second-order valence-corrected chi connectivity index (χ2v) is 5.57. The highest BCUT2D eigenvalue weighted by Crippen LogP contribution is 2.29. The average molecular weight is 350 g/mol. The average Bonchev–Trinajstić information content (AvgIpc) is 2.62. The Bertz CT molecular complexity index is 851. The number of ether oxygens (including phenoxy) is 2. The van der Waals surface area contributed by atoms with Gasteiger partial charge in [0.1, 0.15) is 11.6 Å². The summed E-state index contributed by atoms with van der Waals surface area (Å²) in [5.41, 5.74) is 2.38. The number of nitriles is 1. The number of benzene rings is 2. The summed E-state index contributed by atoms with van der Waals surface area (Å²) >= 11 is 0. The lowest BCUT2D eigenvalue weighted by molar-refractivity contribution is -0.112. The Morgan fingerprint density at radius 1 is 1.12 bits per heavy atom. The number of aryl methyl sites for hydroxylation is 1. The summed E-state index contributed by atoms with van der Waals surface area (Å²) in [5, 5.41) is 12.1. The minimum Gasteiger partial charge on any atom is -0.490 e. The summed E-state index contributed by atoms with van der Waals surface area (Å²) < 4.78 is 11.1. The molecule has 0 saturated heterocycles. The Balaban J connectivity index is 2.25. The van der Waals surface area contributed by atoms with Crippen molar-refractivity contribution in [3.63, 3.8) is 0 Å². The molecule has 26 heavy (non-hydrogen) atoms. The van der Waals surface area contributed by atoms with Crippen LogP contribution in [0.5, 0.6) is 11.5 Å². The number of amides is 1. The smallest absolute Gasteiger partial charge is 0.266 e. The molecule has 0 bridgehead atoms. The molecule has 134 valence electrons. The standard InChI is InChI=1S/C21H22N2O3/c1-4-25-19-10-9-16(13-20(19)26-5-2)12-17(14-22)21(24)23-18-8-6-7-15(3)11-18/h6-13H,4-5H2,1-3H3,(H,23,24)/b17-12-. The molecule has 0 unspecified atom stereocenters. The third-order valence-corrected chi connectivity index (χ3v) is 3.52. The molecule has 0 fully saturated rings. The van der Waals surface area contributed by atoms with Gasteiger partial charge in [0.05, 0.1) is 13.2 Å². The van der Waals surface area contributed by atoms with Crippen molar-refractivity contribution in [3.8, 4) is 17.6 Å². The fraction of sp³-hybridized carbons (Fsp3) is 0.238. The van der Waals surface area contributed by atoms with Crippen molar-refractivity contribution >= 4 is 17.7 Å². The van der Waals surface area contributed by atoms with Gasteiger partial charge in [0, 0.05) is 5.69 Å². The first-order valence-corrected chi connectivity index (χ1v) is 8.46. The van der Waals surface area contributed by atoms with Crippen LogP contribution in [0.4, 0.5) is 5.69 Å². The highest BCUT2D eigenvalue weighted by atomic mass is 16.5. The van der Waals surface area contributed by atoms with Crippen molar-refractivity contribution in [2.45, 2.75) is 20.8 Å². The van der Waals surface area contributed by atoms with Crippen LogP contribution in [-0.4, -0.2) is 19.1 Å². The zero-order chi connectivity index (χ0) is 18.9. The minimum atomic E-state index is -0.454. The van der Waals surface area contributed by atoms with E-state index in [1.165, 1.54) is 6.08 Å². The molecule has 0 aliphatic rings. The normalized spacial score (nSPS) is 10.8. The van der Waals surface area contributed by atoms with E-state index in [0.29, 0.717) is 36.0 Å². The van der Waals surface area contributed by atoms with Gasteiger partial charge in [-0.3, -0.25) is 4.79 Å². The number of hydrogen-bond acceptors (Lipinski definition) is 4. The van der Waals surface area contributed by atoms with E-state index in [4.69, 9.17) is 9.47 Å². The zero-order valence-electron chi connectivity index (χ0n) is 15.2. The number of anilines is 1. The first-order valence-electron chi connectivity index (χ1n) is 8.46. The van der Waals surface area contributed by atoms with Crippen LogP contribution in [0.1, 0.15) is 25.0 Å². The SMILES string of the molecule is CCOc1ccc(/C=C(/C#N)C(=O)Nc2cccc(C)c2)cc1OCC. The molecule has 1 amide bonds. The number of nitrogens with one attached hydrogen (secondary N) is 1. The number of nitrogens with zero attached hydrogens (tertiary/aromatic N) is 1. The van der Waals surface area contributed by atoms with Crippen LogP contribution < -0.4 is 14.8 Å². The van der Waals surface area contributed by atoms with Gasteiger partial charge in [-0.2, -0.15) is 5.26 Å². The van der Waals surface area contributed by atoms with Crippen molar-refractivity contribution in [2.24, 2.45) is 0 Å². The van der Waals surface area contributed by atoms with Gasteiger partial charge in [-0.25, -0.2) is 0 Å². The molecule has 0 aromatic heterocycles. The van der Waals surface area contributed by atoms with Crippen LogP contribution in [0.25, 0.3) is 6.08 Å². The summed E-state index contributed by atoms with van der Waals surface area (Å²) in [4.78, 5) is 12.4.